The lowest BCUT2D eigenvalue weighted by molar-refractivity contribution is 0.603. The highest BCUT2D eigenvalue weighted by atomic mass is 32.2. The number of rotatable bonds is 5. The SMILES string of the molecule is CS(=O)(=O)Nc1ccc(C(N=[N+]=[N-])c2ccccc2)cc1F. The van der Waals surface area contributed by atoms with Crippen LogP contribution in [0.4, 0.5) is 10.1 Å². The van der Waals surface area contributed by atoms with Crippen LogP contribution in [-0.2, 0) is 10.0 Å². The molecule has 0 spiro atoms. The molecule has 2 rings (SSSR count). The second kappa shape index (κ2) is 6.46. The van der Waals surface area contributed by atoms with Crippen LogP contribution >= 0.6 is 0 Å². The third-order valence-corrected chi connectivity index (χ3v) is 3.48. The molecule has 8 heteroatoms. The van der Waals surface area contributed by atoms with Crippen molar-refractivity contribution in [2.24, 2.45) is 5.11 Å². The van der Waals surface area contributed by atoms with E-state index in [-0.39, 0.29) is 5.69 Å². The maximum absolute atomic E-state index is 14.0. The van der Waals surface area contributed by atoms with Gasteiger partial charge in [0.2, 0.25) is 10.0 Å². The Balaban J connectivity index is 2.42. The van der Waals surface area contributed by atoms with Gasteiger partial charge in [-0.15, -0.1) is 0 Å². The van der Waals surface area contributed by atoms with Crippen molar-refractivity contribution in [2.45, 2.75) is 6.04 Å². The van der Waals surface area contributed by atoms with Gasteiger partial charge in [-0.2, -0.15) is 0 Å². The summed E-state index contributed by atoms with van der Waals surface area (Å²) in [6.45, 7) is 0. The predicted octanol–water partition coefficient (Wildman–Crippen LogP) is 3.60. The largest absolute Gasteiger partial charge is 0.281 e. The van der Waals surface area contributed by atoms with E-state index in [1.807, 2.05) is 6.07 Å². The Kier molecular flexibility index (Phi) is 4.65. The molecule has 1 N–H and O–H groups in total. The summed E-state index contributed by atoms with van der Waals surface area (Å²) in [5.41, 5.74) is 9.70. The fourth-order valence-corrected chi connectivity index (χ4v) is 2.56. The highest BCUT2D eigenvalue weighted by Gasteiger charge is 2.15. The van der Waals surface area contributed by atoms with E-state index in [1.165, 1.54) is 12.1 Å². The Labute approximate surface area is 127 Å². The van der Waals surface area contributed by atoms with Crippen molar-refractivity contribution in [1.82, 2.24) is 0 Å². The van der Waals surface area contributed by atoms with Crippen LogP contribution in [0.15, 0.2) is 53.6 Å². The van der Waals surface area contributed by atoms with E-state index < -0.39 is 21.9 Å². The van der Waals surface area contributed by atoms with Crippen LogP contribution in [0.25, 0.3) is 10.4 Å². The minimum Gasteiger partial charge on any atom is -0.281 e. The zero-order valence-electron chi connectivity index (χ0n) is 11.6. The molecule has 0 saturated heterocycles. The molecule has 1 unspecified atom stereocenters. The third-order valence-electron chi connectivity index (χ3n) is 2.89. The fourth-order valence-electron chi connectivity index (χ4n) is 2.00. The van der Waals surface area contributed by atoms with E-state index in [0.29, 0.717) is 11.1 Å². The predicted molar refractivity (Wildman–Crippen MR) is 82.3 cm³/mol. The smallest absolute Gasteiger partial charge is 0.229 e. The maximum atomic E-state index is 14.0. The van der Waals surface area contributed by atoms with Gasteiger partial charge in [-0.05, 0) is 28.8 Å². The highest BCUT2D eigenvalue weighted by molar-refractivity contribution is 7.92. The molecule has 0 aliphatic carbocycles. The van der Waals surface area contributed by atoms with E-state index in [4.69, 9.17) is 5.53 Å². The van der Waals surface area contributed by atoms with Gasteiger partial charge in [0.15, 0.2) is 0 Å². The maximum Gasteiger partial charge on any atom is 0.229 e. The summed E-state index contributed by atoms with van der Waals surface area (Å²) in [7, 11) is -3.57. The number of nitrogens with zero attached hydrogens (tertiary/aromatic N) is 3. The summed E-state index contributed by atoms with van der Waals surface area (Å²) in [5.74, 6) is -0.739. The molecule has 0 aliphatic rings. The van der Waals surface area contributed by atoms with Crippen LogP contribution in [-0.4, -0.2) is 14.7 Å². The molecule has 0 aliphatic heterocycles. The second-order valence-electron chi connectivity index (χ2n) is 4.63. The van der Waals surface area contributed by atoms with E-state index >= 15 is 0 Å². The lowest BCUT2D eigenvalue weighted by Crippen LogP contribution is -2.11. The number of hydrogen-bond acceptors (Lipinski definition) is 3. The number of hydrogen-bond donors (Lipinski definition) is 1. The van der Waals surface area contributed by atoms with Crippen molar-refractivity contribution in [2.75, 3.05) is 11.0 Å². The molecule has 0 bridgehead atoms. The highest BCUT2D eigenvalue weighted by Crippen LogP contribution is 2.29. The van der Waals surface area contributed by atoms with Gasteiger partial charge in [-0.1, -0.05) is 41.5 Å². The molecular weight excluding hydrogens is 307 g/mol. The van der Waals surface area contributed by atoms with Gasteiger partial charge in [0, 0.05) is 4.91 Å². The first-order valence-corrected chi connectivity index (χ1v) is 8.16. The zero-order valence-corrected chi connectivity index (χ0v) is 12.5. The Morgan fingerprint density at radius 3 is 2.41 bits per heavy atom. The van der Waals surface area contributed by atoms with Crippen molar-refractivity contribution in [1.29, 1.82) is 0 Å². The van der Waals surface area contributed by atoms with Crippen LogP contribution in [0, 0.1) is 5.82 Å². The fraction of sp³-hybridized carbons (Fsp3) is 0.143. The topological polar surface area (TPSA) is 94.9 Å². The molecule has 1 atom stereocenters. The van der Waals surface area contributed by atoms with Crippen molar-refractivity contribution in [3.05, 3.63) is 75.9 Å². The Morgan fingerprint density at radius 2 is 1.86 bits per heavy atom. The van der Waals surface area contributed by atoms with Gasteiger partial charge in [-0.3, -0.25) is 4.72 Å². The van der Waals surface area contributed by atoms with Crippen molar-refractivity contribution >= 4 is 15.7 Å². The number of anilines is 1. The molecule has 6 nitrogen and oxygen atoms in total. The van der Waals surface area contributed by atoms with Crippen LogP contribution in [0.5, 0.6) is 0 Å². The summed E-state index contributed by atoms with van der Waals surface area (Å²) in [5, 5.41) is 3.69. The summed E-state index contributed by atoms with van der Waals surface area (Å²) in [6, 6.07) is 12.2. The lowest BCUT2D eigenvalue weighted by atomic mass is 9.99. The molecule has 0 amide bonds. The summed E-state index contributed by atoms with van der Waals surface area (Å²) in [6.07, 6.45) is 0.938. The van der Waals surface area contributed by atoms with Crippen LogP contribution in [0.3, 0.4) is 0 Å². The molecule has 0 aromatic heterocycles. The first kappa shape index (κ1) is 15.8. The molecule has 2 aromatic carbocycles. The molecule has 2 aromatic rings. The first-order valence-electron chi connectivity index (χ1n) is 6.27. The van der Waals surface area contributed by atoms with Crippen LogP contribution in [0.2, 0.25) is 0 Å². The standard InChI is InChI=1S/C14H13FN4O2S/c1-22(20,21)18-13-8-7-11(9-12(13)15)14(17-19-16)10-5-3-2-4-6-10/h2-9,14,18H,1H3. The monoisotopic (exact) mass is 320 g/mol. The van der Waals surface area contributed by atoms with Crippen molar-refractivity contribution in [3.8, 4) is 0 Å². The zero-order chi connectivity index (χ0) is 16.2. The lowest BCUT2D eigenvalue weighted by Gasteiger charge is -2.13. The molecule has 22 heavy (non-hydrogen) atoms. The van der Waals surface area contributed by atoms with Crippen molar-refractivity contribution < 1.29 is 12.8 Å². The van der Waals surface area contributed by atoms with Gasteiger partial charge in [0.05, 0.1) is 18.0 Å². The summed E-state index contributed by atoms with van der Waals surface area (Å²) < 4.78 is 38.4. The first-order chi connectivity index (χ1) is 10.4. The Morgan fingerprint density at radius 1 is 1.18 bits per heavy atom. The van der Waals surface area contributed by atoms with Crippen LogP contribution in [0.1, 0.15) is 17.2 Å². The molecule has 114 valence electrons. The van der Waals surface area contributed by atoms with E-state index in [0.717, 1.165) is 12.3 Å². The van der Waals surface area contributed by atoms with E-state index in [2.05, 4.69) is 14.7 Å². The average Bonchev–Trinajstić information content (AvgIpc) is 2.47. The number of azide groups is 1. The number of halogens is 1. The number of benzene rings is 2. The molecule has 0 radical (unpaired) electrons. The second-order valence-corrected chi connectivity index (χ2v) is 6.38. The molecule has 0 heterocycles. The summed E-state index contributed by atoms with van der Waals surface area (Å²) >= 11 is 0. The molecule has 0 saturated carbocycles. The third kappa shape index (κ3) is 3.97. The van der Waals surface area contributed by atoms with Gasteiger partial charge in [0.25, 0.3) is 0 Å². The van der Waals surface area contributed by atoms with E-state index in [9.17, 15) is 12.8 Å². The number of nitrogens with one attached hydrogen (secondary N) is 1. The van der Waals surface area contributed by atoms with Gasteiger partial charge < -0.3 is 0 Å². The van der Waals surface area contributed by atoms with Gasteiger partial charge >= 0.3 is 0 Å². The van der Waals surface area contributed by atoms with Crippen LogP contribution < -0.4 is 4.72 Å². The normalized spacial score (nSPS) is 12.3. The Bertz CT molecular complexity index is 818. The summed E-state index contributed by atoms with van der Waals surface area (Å²) in [4.78, 5) is 2.79. The molecule has 0 fully saturated rings. The minimum absolute atomic E-state index is 0.154. The van der Waals surface area contributed by atoms with Gasteiger partial charge in [0.1, 0.15) is 5.82 Å². The molecular formula is C14H13FN4O2S. The minimum atomic E-state index is -3.57. The van der Waals surface area contributed by atoms with Crippen molar-refractivity contribution in [3.63, 3.8) is 0 Å². The van der Waals surface area contributed by atoms with E-state index in [1.54, 1.807) is 24.3 Å². The number of sulfonamides is 1. The Hall–Kier alpha value is -2.57. The average molecular weight is 320 g/mol. The van der Waals surface area contributed by atoms with Gasteiger partial charge in [-0.25, -0.2) is 12.8 Å². The quantitative estimate of drug-likeness (QED) is 0.517.